The Bertz CT molecular complexity index is 659. The summed E-state index contributed by atoms with van der Waals surface area (Å²) in [5.74, 6) is -3.09. The standard InChI is InChI=1S/C18H36N8O5S/c1-10(17(30)31)24-15(28)12(5-2-3-7-19)26-16(29)13(6-4-8-23-18(21)22)25-14(27)11(20)9-32/h10-13,32H,2-9,19-20H2,1H3,(H,24,28)(H,25,27)(H,26,29)(H,30,31)(H4,21,22,23). The zero-order chi connectivity index (χ0) is 24.7. The third kappa shape index (κ3) is 12.3. The number of guanidine groups is 1. The van der Waals surface area contributed by atoms with E-state index in [1.807, 2.05) is 0 Å². The Morgan fingerprint density at radius 3 is 1.97 bits per heavy atom. The van der Waals surface area contributed by atoms with Crippen molar-refractivity contribution in [3.05, 3.63) is 0 Å². The molecule has 12 N–H and O–H groups in total. The molecule has 0 aromatic carbocycles. The maximum atomic E-state index is 12.9. The lowest BCUT2D eigenvalue weighted by Crippen LogP contribution is -2.57. The number of carboxylic acids is 1. The van der Waals surface area contributed by atoms with Crippen molar-refractivity contribution in [1.82, 2.24) is 16.0 Å². The number of carbonyl (C=O) groups is 4. The van der Waals surface area contributed by atoms with E-state index in [2.05, 4.69) is 33.6 Å². The molecule has 184 valence electrons. The number of thiol groups is 1. The summed E-state index contributed by atoms with van der Waals surface area (Å²) in [4.78, 5) is 52.5. The Balaban J connectivity index is 5.36. The summed E-state index contributed by atoms with van der Waals surface area (Å²) in [5, 5.41) is 16.5. The number of hydrogen-bond donors (Lipinski definition) is 9. The van der Waals surface area contributed by atoms with Crippen LogP contribution < -0.4 is 38.9 Å². The van der Waals surface area contributed by atoms with Gasteiger partial charge in [-0.1, -0.05) is 0 Å². The molecular weight excluding hydrogens is 440 g/mol. The van der Waals surface area contributed by atoms with Gasteiger partial charge in [-0.3, -0.25) is 24.2 Å². The summed E-state index contributed by atoms with van der Waals surface area (Å²) in [6.07, 6.45) is 1.93. The number of hydrogen-bond acceptors (Lipinski definition) is 8. The van der Waals surface area contributed by atoms with E-state index in [0.29, 0.717) is 25.8 Å². The van der Waals surface area contributed by atoms with Gasteiger partial charge in [0.05, 0.1) is 6.04 Å². The predicted octanol–water partition coefficient (Wildman–Crippen LogP) is -3.01. The summed E-state index contributed by atoms with van der Waals surface area (Å²) in [6, 6.07) is -4.08. The van der Waals surface area contributed by atoms with Crippen molar-refractivity contribution in [3.8, 4) is 0 Å². The Labute approximate surface area is 192 Å². The molecule has 0 aromatic rings. The largest absolute Gasteiger partial charge is 0.480 e. The molecule has 0 spiro atoms. The Morgan fingerprint density at radius 1 is 0.938 bits per heavy atom. The molecule has 0 aliphatic heterocycles. The minimum atomic E-state index is -1.21. The highest BCUT2D eigenvalue weighted by Crippen LogP contribution is 2.05. The first-order valence-corrected chi connectivity index (χ1v) is 10.9. The van der Waals surface area contributed by atoms with Crippen LogP contribution in [0.3, 0.4) is 0 Å². The highest BCUT2D eigenvalue weighted by Gasteiger charge is 2.28. The highest BCUT2D eigenvalue weighted by atomic mass is 32.1. The van der Waals surface area contributed by atoms with Crippen LogP contribution in [0.1, 0.15) is 39.0 Å². The molecule has 0 radical (unpaired) electrons. The van der Waals surface area contributed by atoms with Gasteiger partial charge in [0, 0.05) is 12.3 Å². The normalized spacial score (nSPS) is 14.4. The van der Waals surface area contributed by atoms with Crippen molar-refractivity contribution >= 4 is 42.3 Å². The number of carboxylic acid groups (broad SMARTS) is 1. The van der Waals surface area contributed by atoms with E-state index in [1.54, 1.807) is 0 Å². The molecule has 14 heteroatoms. The number of amides is 3. The monoisotopic (exact) mass is 476 g/mol. The maximum absolute atomic E-state index is 12.9. The molecule has 0 aliphatic rings. The number of aliphatic carboxylic acids is 1. The predicted molar refractivity (Wildman–Crippen MR) is 124 cm³/mol. The van der Waals surface area contributed by atoms with E-state index < -0.39 is 47.9 Å². The third-order valence-corrected chi connectivity index (χ3v) is 4.81. The Hall–Kier alpha value is -2.58. The fourth-order valence-corrected chi connectivity index (χ4v) is 2.71. The molecule has 13 nitrogen and oxygen atoms in total. The summed E-state index contributed by atoms with van der Waals surface area (Å²) in [7, 11) is 0. The van der Waals surface area contributed by atoms with Crippen LogP contribution in [0.2, 0.25) is 0 Å². The van der Waals surface area contributed by atoms with Gasteiger partial charge in [-0.15, -0.1) is 0 Å². The molecule has 0 fully saturated rings. The van der Waals surface area contributed by atoms with Crippen molar-refractivity contribution < 1.29 is 24.3 Å². The highest BCUT2D eigenvalue weighted by molar-refractivity contribution is 7.80. The molecule has 32 heavy (non-hydrogen) atoms. The molecule has 0 rings (SSSR count). The van der Waals surface area contributed by atoms with Crippen LogP contribution in [-0.4, -0.2) is 77.8 Å². The smallest absolute Gasteiger partial charge is 0.325 e. The van der Waals surface area contributed by atoms with Gasteiger partial charge in [-0.2, -0.15) is 12.6 Å². The van der Waals surface area contributed by atoms with E-state index in [1.165, 1.54) is 6.92 Å². The lowest BCUT2D eigenvalue weighted by molar-refractivity contribution is -0.141. The van der Waals surface area contributed by atoms with Gasteiger partial charge < -0.3 is 44.0 Å². The average molecular weight is 477 g/mol. The third-order valence-electron chi connectivity index (χ3n) is 4.42. The molecule has 0 saturated heterocycles. The first kappa shape index (κ1) is 29.4. The van der Waals surface area contributed by atoms with E-state index in [-0.39, 0.29) is 31.1 Å². The second kappa shape index (κ2) is 16.1. The molecule has 4 atom stereocenters. The molecular formula is C18H36N8O5S. The van der Waals surface area contributed by atoms with Gasteiger partial charge in [0.2, 0.25) is 17.7 Å². The zero-order valence-corrected chi connectivity index (χ0v) is 19.1. The van der Waals surface area contributed by atoms with Crippen LogP contribution >= 0.6 is 12.6 Å². The molecule has 0 heterocycles. The van der Waals surface area contributed by atoms with Crippen LogP contribution in [-0.2, 0) is 19.2 Å². The SMILES string of the molecule is CC(NC(=O)C(CCCCN)NC(=O)C(CCCN=C(N)N)NC(=O)C(N)CS)C(=O)O. The van der Waals surface area contributed by atoms with E-state index in [0.717, 1.165) is 0 Å². The minimum Gasteiger partial charge on any atom is -0.480 e. The second-order valence-electron chi connectivity index (χ2n) is 7.21. The van der Waals surface area contributed by atoms with Crippen molar-refractivity contribution in [1.29, 1.82) is 0 Å². The Kier molecular flexibility index (Phi) is 14.8. The number of carbonyl (C=O) groups excluding carboxylic acids is 3. The van der Waals surface area contributed by atoms with Gasteiger partial charge in [-0.25, -0.2) is 0 Å². The lowest BCUT2D eigenvalue weighted by atomic mass is 10.1. The second-order valence-corrected chi connectivity index (χ2v) is 7.58. The van der Waals surface area contributed by atoms with Gasteiger partial charge in [0.25, 0.3) is 0 Å². The topological polar surface area (TPSA) is 241 Å². The van der Waals surface area contributed by atoms with Crippen molar-refractivity contribution in [2.45, 2.75) is 63.2 Å². The Morgan fingerprint density at radius 2 is 1.47 bits per heavy atom. The van der Waals surface area contributed by atoms with Crippen LogP contribution in [0.4, 0.5) is 0 Å². The van der Waals surface area contributed by atoms with Crippen molar-refractivity contribution in [2.75, 3.05) is 18.8 Å². The van der Waals surface area contributed by atoms with Gasteiger partial charge in [0.15, 0.2) is 5.96 Å². The molecule has 3 amide bonds. The summed E-state index contributed by atoms with van der Waals surface area (Å²) in [5.41, 5.74) is 21.7. The number of nitrogens with two attached hydrogens (primary N) is 4. The van der Waals surface area contributed by atoms with Crippen molar-refractivity contribution in [3.63, 3.8) is 0 Å². The fourth-order valence-electron chi connectivity index (χ4n) is 2.54. The van der Waals surface area contributed by atoms with Crippen LogP contribution in [0.25, 0.3) is 0 Å². The van der Waals surface area contributed by atoms with Crippen LogP contribution in [0.5, 0.6) is 0 Å². The van der Waals surface area contributed by atoms with Gasteiger partial charge in [0.1, 0.15) is 18.1 Å². The van der Waals surface area contributed by atoms with Crippen LogP contribution in [0.15, 0.2) is 4.99 Å². The van der Waals surface area contributed by atoms with Gasteiger partial charge >= 0.3 is 5.97 Å². The number of nitrogens with one attached hydrogen (secondary N) is 3. The molecule has 0 saturated carbocycles. The summed E-state index contributed by atoms with van der Waals surface area (Å²) in [6.45, 7) is 1.95. The van der Waals surface area contributed by atoms with Gasteiger partial charge in [-0.05, 0) is 45.6 Å². The summed E-state index contributed by atoms with van der Waals surface area (Å²) >= 11 is 3.97. The lowest BCUT2D eigenvalue weighted by Gasteiger charge is -2.24. The number of nitrogens with zero attached hydrogens (tertiary/aromatic N) is 1. The first-order valence-electron chi connectivity index (χ1n) is 10.3. The maximum Gasteiger partial charge on any atom is 0.325 e. The van der Waals surface area contributed by atoms with E-state index in [4.69, 9.17) is 28.0 Å². The van der Waals surface area contributed by atoms with Crippen LogP contribution in [0, 0.1) is 0 Å². The molecule has 4 unspecified atom stereocenters. The molecule has 0 bridgehead atoms. The number of aliphatic imine (C=N–C) groups is 1. The van der Waals surface area contributed by atoms with E-state index in [9.17, 15) is 19.2 Å². The van der Waals surface area contributed by atoms with E-state index >= 15 is 0 Å². The summed E-state index contributed by atoms with van der Waals surface area (Å²) < 4.78 is 0. The minimum absolute atomic E-state index is 0.0748. The average Bonchev–Trinajstić information content (AvgIpc) is 2.73. The number of unbranched alkanes of at least 4 members (excludes halogenated alkanes) is 1. The first-order chi connectivity index (χ1) is 15.0. The van der Waals surface area contributed by atoms with Crippen molar-refractivity contribution in [2.24, 2.45) is 27.9 Å². The molecule has 0 aliphatic carbocycles. The quantitative estimate of drug-likeness (QED) is 0.0476. The zero-order valence-electron chi connectivity index (χ0n) is 18.3. The fraction of sp³-hybridized carbons (Fsp3) is 0.722. The number of rotatable bonds is 16. The molecule has 0 aromatic heterocycles.